The van der Waals surface area contributed by atoms with E-state index in [4.69, 9.17) is 0 Å². The van der Waals surface area contributed by atoms with Gasteiger partial charge in [0.25, 0.3) is 0 Å². The summed E-state index contributed by atoms with van der Waals surface area (Å²) in [5.41, 5.74) is 0. The van der Waals surface area contributed by atoms with E-state index in [1.54, 1.807) is 0 Å². The molecule has 0 amide bonds. The zero-order valence-corrected chi connectivity index (χ0v) is 12.3. The first-order valence-corrected chi connectivity index (χ1v) is 8.48. The fourth-order valence-corrected chi connectivity index (χ4v) is 4.17. The van der Waals surface area contributed by atoms with Gasteiger partial charge in [0, 0.05) is 32.2 Å². The summed E-state index contributed by atoms with van der Waals surface area (Å²) in [4.78, 5) is 2.72. The molecule has 2 atom stereocenters. The van der Waals surface area contributed by atoms with Crippen LogP contribution in [0.15, 0.2) is 0 Å². The van der Waals surface area contributed by atoms with Crippen LogP contribution in [0.2, 0.25) is 0 Å². The van der Waals surface area contributed by atoms with Gasteiger partial charge in [0.1, 0.15) is 0 Å². The van der Waals surface area contributed by atoms with Crippen LogP contribution >= 0.6 is 11.8 Å². The Balaban J connectivity index is 1.76. The monoisotopic (exact) mass is 256 g/mol. The number of thioether (sulfide) groups is 1. The zero-order valence-electron chi connectivity index (χ0n) is 11.5. The molecular formula is C14H28N2S. The average Bonchev–Trinajstić information content (AvgIpc) is 2.39. The van der Waals surface area contributed by atoms with Crippen LogP contribution in [0.1, 0.15) is 33.1 Å². The number of piperazine rings is 1. The lowest BCUT2D eigenvalue weighted by Gasteiger charge is -2.38. The molecule has 17 heavy (non-hydrogen) atoms. The van der Waals surface area contributed by atoms with Crippen LogP contribution in [-0.2, 0) is 0 Å². The first-order valence-electron chi connectivity index (χ1n) is 7.33. The minimum Gasteiger partial charge on any atom is -0.311 e. The minimum atomic E-state index is 0.728. The summed E-state index contributed by atoms with van der Waals surface area (Å²) in [6.07, 6.45) is 4.19. The molecular weight excluding hydrogens is 228 g/mol. The molecule has 100 valence electrons. The molecule has 0 aromatic rings. The SMILES string of the molecule is CCC(C)C1CN(CC2CCSCC2)CCN1. The number of hydrogen-bond donors (Lipinski definition) is 1. The Bertz CT molecular complexity index is 214. The summed E-state index contributed by atoms with van der Waals surface area (Å²) < 4.78 is 0. The van der Waals surface area contributed by atoms with Crippen LogP contribution in [-0.4, -0.2) is 48.6 Å². The Morgan fingerprint density at radius 2 is 2.12 bits per heavy atom. The third-order valence-electron chi connectivity index (χ3n) is 4.48. The smallest absolute Gasteiger partial charge is 0.0221 e. The molecule has 2 heterocycles. The van der Waals surface area contributed by atoms with Crippen molar-refractivity contribution in [3.05, 3.63) is 0 Å². The molecule has 0 saturated carbocycles. The van der Waals surface area contributed by atoms with Crippen molar-refractivity contribution in [2.75, 3.05) is 37.7 Å². The van der Waals surface area contributed by atoms with Gasteiger partial charge in [-0.05, 0) is 36.2 Å². The second-order valence-electron chi connectivity index (χ2n) is 5.76. The van der Waals surface area contributed by atoms with Gasteiger partial charge in [-0.1, -0.05) is 20.3 Å². The zero-order chi connectivity index (χ0) is 12.1. The van der Waals surface area contributed by atoms with Crippen LogP contribution in [0.5, 0.6) is 0 Å². The molecule has 0 aliphatic carbocycles. The van der Waals surface area contributed by atoms with Gasteiger partial charge in [-0.25, -0.2) is 0 Å². The molecule has 0 radical (unpaired) electrons. The van der Waals surface area contributed by atoms with Gasteiger partial charge in [-0.3, -0.25) is 0 Å². The van der Waals surface area contributed by atoms with E-state index in [1.165, 1.54) is 56.9 Å². The predicted octanol–water partition coefficient (Wildman–Crippen LogP) is 2.45. The maximum atomic E-state index is 3.69. The summed E-state index contributed by atoms with van der Waals surface area (Å²) in [5.74, 6) is 4.59. The van der Waals surface area contributed by atoms with Crippen molar-refractivity contribution in [3.8, 4) is 0 Å². The Kier molecular flexibility index (Phi) is 5.64. The first-order chi connectivity index (χ1) is 8.29. The van der Waals surface area contributed by atoms with Crippen molar-refractivity contribution in [2.45, 2.75) is 39.2 Å². The van der Waals surface area contributed by atoms with Crippen LogP contribution in [0.25, 0.3) is 0 Å². The van der Waals surface area contributed by atoms with Crippen LogP contribution < -0.4 is 5.32 Å². The van der Waals surface area contributed by atoms with E-state index in [0.717, 1.165) is 17.9 Å². The molecule has 2 fully saturated rings. The third-order valence-corrected chi connectivity index (χ3v) is 5.53. The van der Waals surface area contributed by atoms with E-state index < -0.39 is 0 Å². The molecule has 2 unspecified atom stereocenters. The van der Waals surface area contributed by atoms with Crippen molar-refractivity contribution < 1.29 is 0 Å². The first kappa shape index (κ1) is 13.7. The van der Waals surface area contributed by atoms with Gasteiger partial charge in [0.05, 0.1) is 0 Å². The highest BCUT2D eigenvalue weighted by Gasteiger charge is 2.25. The molecule has 2 nitrogen and oxygen atoms in total. The summed E-state index contributed by atoms with van der Waals surface area (Å²) in [6, 6.07) is 0.728. The number of rotatable bonds is 4. The van der Waals surface area contributed by atoms with Crippen molar-refractivity contribution in [3.63, 3.8) is 0 Å². The van der Waals surface area contributed by atoms with E-state index in [9.17, 15) is 0 Å². The van der Waals surface area contributed by atoms with Gasteiger partial charge in [-0.2, -0.15) is 11.8 Å². The van der Waals surface area contributed by atoms with E-state index >= 15 is 0 Å². The molecule has 0 bridgehead atoms. The maximum absolute atomic E-state index is 3.69. The fraction of sp³-hybridized carbons (Fsp3) is 1.00. The fourth-order valence-electron chi connectivity index (χ4n) is 2.97. The molecule has 0 aromatic carbocycles. The largest absolute Gasteiger partial charge is 0.311 e. The molecule has 2 aliphatic rings. The predicted molar refractivity (Wildman–Crippen MR) is 77.7 cm³/mol. The van der Waals surface area contributed by atoms with Gasteiger partial charge in [-0.15, -0.1) is 0 Å². The van der Waals surface area contributed by atoms with E-state index in [0.29, 0.717) is 0 Å². The van der Waals surface area contributed by atoms with Gasteiger partial charge in [0.15, 0.2) is 0 Å². The van der Waals surface area contributed by atoms with Crippen molar-refractivity contribution in [1.29, 1.82) is 0 Å². The number of nitrogens with zero attached hydrogens (tertiary/aromatic N) is 1. The lowest BCUT2D eigenvalue weighted by atomic mass is 9.95. The molecule has 1 N–H and O–H groups in total. The average molecular weight is 256 g/mol. The lowest BCUT2D eigenvalue weighted by molar-refractivity contribution is 0.145. The highest BCUT2D eigenvalue weighted by molar-refractivity contribution is 7.99. The molecule has 2 aliphatic heterocycles. The molecule has 0 aromatic heterocycles. The van der Waals surface area contributed by atoms with Crippen molar-refractivity contribution >= 4 is 11.8 Å². The van der Waals surface area contributed by atoms with Crippen LogP contribution in [0, 0.1) is 11.8 Å². The third kappa shape index (κ3) is 4.15. The quantitative estimate of drug-likeness (QED) is 0.832. The second kappa shape index (κ2) is 7.01. The summed E-state index contributed by atoms with van der Waals surface area (Å²) in [7, 11) is 0. The minimum absolute atomic E-state index is 0.728. The summed E-state index contributed by atoms with van der Waals surface area (Å²) in [6.45, 7) is 9.78. The Hall–Kier alpha value is 0.270. The number of nitrogens with one attached hydrogen (secondary N) is 1. The summed E-state index contributed by atoms with van der Waals surface area (Å²) >= 11 is 2.14. The van der Waals surface area contributed by atoms with E-state index in [2.05, 4.69) is 35.8 Å². The van der Waals surface area contributed by atoms with Crippen LogP contribution in [0.3, 0.4) is 0 Å². The highest BCUT2D eigenvalue weighted by atomic mass is 32.2. The topological polar surface area (TPSA) is 15.3 Å². The van der Waals surface area contributed by atoms with Gasteiger partial charge < -0.3 is 10.2 Å². The van der Waals surface area contributed by atoms with Gasteiger partial charge in [0.2, 0.25) is 0 Å². The molecule has 2 saturated heterocycles. The molecule has 0 spiro atoms. The van der Waals surface area contributed by atoms with Crippen molar-refractivity contribution in [2.24, 2.45) is 11.8 Å². The molecule has 2 rings (SSSR count). The Labute approximate surface area is 111 Å². The summed E-state index contributed by atoms with van der Waals surface area (Å²) in [5, 5.41) is 3.69. The van der Waals surface area contributed by atoms with E-state index in [-0.39, 0.29) is 0 Å². The Morgan fingerprint density at radius 1 is 1.35 bits per heavy atom. The van der Waals surface area contributed by atoms with Gasteiger partial charge >= 0.3 is 0 Å². The van der Waals surface area contributed by atoms with Crippen LogP contribution in [0.4, 0.5) is 0 Å². The lowest BCUT2D eigenvalue weighted by Crippen LogP contribution is -2.54. The standard InChI is InChI=1S/C14H28N2S/c1-3-12(2)14-11-16(7-6-15-14)10-13-4-8-17-9-5-13/h12-15H,3-11H2,1-2H3. The molecule has 3 heteroatoms. The maximum Gasteiger partial charge on any atom is 0.0221 e. The number of hydrogen-bond acceptors (Lipinski definition) is 3. The highest BCUT2D eigenvalue weighted by Crippen LogP contribution is 2.24. The van der Waals surface area contributed by atoms with Crippen molar-refractivity contribution in [1.82, 2.24) is 10.2 Å². The second-order valence-corrected chi connectivity index (χ2v) is 6.99. The Morgan fingerprint density at radius 3 is 2.82 bits per heavy atom. The normalized spacial score (nSPS) is 30.4. The van der Waals surface area contributed by atoms with E-state index in [1.807, 2.05) is 0 Å².